The molecule has 0 radical (unpaired) electrons. The van der Waals surface area contributed by atoms with Gasteiger partial charge < -0.3 is 5.11 Å². The van der Waals surface area contributed by atoms with Crippen LogP contribution in [0.3, 0.4) is 0 Å². The Morgan fingerprint density at radius 1 is 1.15 bits per heavy atom. The molecule has 1 aromatic carbocycles. The Labute approximate surface area is 124 Å². The van der Waals surface area contributed by atoms with E-state index in [1.54, 1.807) is 6.92 Å². The molecule has 1 fully saturated rings. The number of benzene rings is 1. The van der Waals surface area contributed by atoms with E-state index in [9.17, 15) is 4.79 Å². The van der Waals surface area contributed by atoms with Gasteiger partial charge in [0.25, 0.3) is 0 Å². The van der Waals surface area contributed by atoms with Crippen LogP contribution in [0.4, 0.5) is 0 Å². The molecule has 0 bridgehead atoms. The van der Waals surface area contributed by atoms with Gasteiger partial charge in [-0.3, -0.25) is 14.6 Å². The zero-order valence-corrected chi connectivity index (χ0v) is 12.7. The zero-order valence-electron chi connectivity index (χ0n) is 11.9. The van der Waals surface area contributed by atoms with E-state index in [-0.39, 0.29) is 6.04 Å². The van der Waals surface area contributed by atoms with E-state index < -0.39 is 12.0 Å². The maximum atomic E-state index is 11.0. The lowest BCUT2D eigenvalue weighted by molar-refractivity contribution is -0.143. The molecule has 4 nitrogen and oxygen atoms in total. The predicted octanol–water partition coefficient (Wildman–Crippen LogP) is 2.49. The van der Waals surface area contributed by atoms with Crippen molar-refractivity contribution in [2.45, 2.75) is 25.9 Å². The summed E-state index contributed by atoms with van der Waals surface area (Å²) in [5, 5.41) is 9.84. The summed E-state index contributed by atoms with van der Waals surface area (Å²) in [6.45, 7) is 7.19. The van der Waals surface area contributed by atoms with Crippen molar-refractivity contribution in [1.82, 2.24) is 9.80 Å². The second kappa shape index (κ2) is 6.57. The average Bonchev–Trinajstić information content (AvgIpc) is 2.46. The molecule has 20 heavy (non-hydrogen) atoms. The number of piperazine rings is 1. The highest BCUT2D eigenvalue weighted by Gasteiger charge is 2.27. The Morgan fingerprint density at radius 2 is 1.70 bits per heavy atom. The summed E-state index contributed by atoms with van der Waals surface area (Å²) in [7, 11) is 0. The predicted molar refractivity (Wildman–Crippen MR) is 80.1 cm³/mol. The normalized spacial score (nSPS) is 20.6. The highest BCUT2D eigenvalue weighted by atomic mass is 35.5. The molecule has 0 saturated carbocycles. The summed E-state index contributed by atoms with van der Waals surface area (Å²) in [5.41, 5.74) is 1.13. The van der Waals surface area contributed by atoms with Crippen molar-refractivity contribution in [3.05, 3.63) is 34.9 Å². The number of carboxylic acid groups (broad SMARTS) is 1. The first-order chi connectivity index (χ1) is 9.50. The lowest BCUT2D eigenvalue weighted by Gasteiger charge is -2.39. The van der Waals surface area contributed by atoms with Crippen LogP contribution in [-0.2, 0) is 4.79 Å². The van der Waals surface area contributed by atoms with Crippen LogP contribution in [0.15, 0.2) is 24.3 Å². The van der Waals surface area contributed by atoms with Gasteiger partial charge in [-0.15, -0.1) is 0 Å². The number of rotatable bonds is 4. The van der Waals surface area contributed by atoms with E-state index in [2.05, 4.69) is 17.9 Å². The zero-order chi connectivity index (χ0) is 14.7. The molecular formula is C15H21ClN2O2. The fourth-order valence-corrected chi connectivity index (χ4v) is 2.97. The first-order valence-corrected chi connectivity index (χ1v) is 7.34. The van der Waals surface area contributed by atoms with E-state index in [0.29, 0.717) is 0 Å². The summed E-state index contributed by atoms with van der Waals surface area (Å²) in [5.74, 6) is -0.752. The molecule has 0 unspecified atom stereocenters. The van der Waals surface area contributed by atoms with Gasteiger partial charge >= 0.3 is 5.97 Å². The SMILES string of the molecule is C[C@H](C(=O)O)N1CCN([C@@H](C)c2ccccc2Cl)CC1. The molecule has 0 spiro atoms. The second-order valence-corrected chi connectivity index (χ2v) is 5.69. The van der Waals surface area contributed by atoms with Crippen molar-refractivity contribution in [3.63, 3.8) is 0 Å². The van der Waals surface area contributed by atoms with Crippen molar-refractivity contribution in [2.75, 3.05) is 26.2 Å². The number of nitrogens with zero attached hydrogens (tertiary/aromatic N) is 2. The van der Waals surface area contributed by atoms with Crippen LogP contribution < -0.4 is 0 Å². The summed E-state index contributed by atoms with van der Waals surface area (Å²) < 4.78 is 0. The second-order valence-electron chi connectivity index (χ2n) is 5.28. The first-order valence-electron chi connectivity index (χ1n) is 6.96. The highest BCUT2D eigenvalue weighted by Crippen LogP contribution is 2.27. The Balaban J connectivity index is 1.97. The highest BCUT2D eigenvalue weighted by molar-refractivity contribution is 6.31. The van der Waals surface area contributed by atoms with Gasteiger partial charge in [0.2, 0.25) is 0 Å². The number of aliphatic carboxylic acids is 1. The summed E-state index contributed by atoms with van der Waals surface area (Å²) in [4.78, 5) is 15.4. The lowest BCUT2D eigenvalue weighted by atomic mass is 10.1. The molecule has 0 amide bonds. The van der Waals surface area contributed by atoms with Crippen LogP contribution in [0, 0.1) is 0 Å². The molecule has 5 heteroatoms. The molecule has 1 aliphatic heterocycles. The van der Waals surface area contributed by atoms with Gasteiger partial charge in [-0.1, -0.05) is 29.8 Å². The minimum atomic E-state index is -0.752. The Morgan fingerprint density at radius 3 is 2.25 bits per heavy atom. The van der Waals surface area contributed by atoms with Gasteiger partial charge in [0.1, 0.15) is 6.04 Å². The number of carbonyl (C=O) groups is 1. The van der Waals surface area contributed by atoms with E-state index in [1.165, 1.54) is 0 Å². The van der Waals surface area contributed by atoms with Gasteiger partial charge in [0, 0.05) is 37.2 Å². The summed E-state index contributed by atoms with van der Waals surface area (Å²) in [6.07, 6.45) is 0. The van der Waals surface area contributed by atoms with Crippen LogP contribution in [0.5, 0.6) is 0 Å². The van der Waals surface area contributed by atoms with Gasteiger partial charge in [-0.2, -0.15) is 0 Å². The van der Waals surface area contributed by atoms with Crippen LogP contribution in [0.25, 0.3) is 0 Å². The topological polar surface area (TPSA) is 43.8 Å². The number of halogens is 1. The Bertz CT molecular complexity index is 473. The molecule has 0 aromatic heterocycles. The molecule has 1 saturated heterocycles. The van der Waals surface area contributed by atoms with Crippen molar-refractivity contribution >= 4 is 17.6 Å². The molecule has 1 aromatic rings. The van der Waals surface area contributed by atoms with Crippen molar-refractivity contribution < 1.29 is 9.90 Å². The number of carboxylic acids is 1. The minimum Gasteiger partial charge on any atom is -0.480 e. The van der Waals surface area contributed by atoms with Gasteiger partial charge in [-0.25, -0.2) is 0 Å². The minimum absolute atomic E-state index is 0.256. The van der Waals surface area contributed by atoms with Crippen LogP contribution in [0.2, 0.25) is 5.02 Å². The number of hydrogen-bond acceptors (Lipinski definition) is 3. The van der Waals surface area contributed by atoms with Gasteiger partial charge in [-0.05, 0) is 25.5 Å². The van der Waals surface area contributed by atoms with Crippen molar-refractivity contribution in [2.24, 2.45) is 0 Å². The smallest absolute Gasteiger partial charge is 0.320 e. The standard InChI is InChI=1S/C15H21ClN2O2/c1-11(13-5-3-4-6-14(13)16)17-7-9-18(10-8-17)12(2)15(19)20/h3-6,11-12H,7-10H2,1-2H3,(H,19,20)/t11-,12+/m0/s1. The molecule has 2 rings (SSSR count). The summed E-state index contributed by atoms with van der Waals surface area (Å²) >= 11 is 6.24. The third-order valence-corrected chi connectivity index (χ3v) is 4.50. The molecule has 0 aliphatic carbocycles. The molecule has 1 heterocycles. The van der Waals surface area contributed by atoms with E-state index in [1.807, 2.05) is 23.1 Å². The monoisotopic (exact) mass is 296 g/mol. The largest absolute Gasteiger partial charge is 0.480 e. The molecule has 2 atom stereocenters. The van der Waals surface area contributed by atoms with Gasteiger partial charge in [0.15, 0.2) is 0 Å². The van der Waals surface area contributed by atoms with E-state index in [0.717, 1.165) is 36.8 Å². The maximum Gasteiger partial charge on any atom is 0.320 e. The first kappa shape index (κ1) is 15.3. The van der Waals surface area contributed by atoms with E-state index in [4.69, 9.17) is 16.7 Å². The maximum absolute atomic E-state index is 11.0. The number of hydrogen-bond donors (Lipinski definition) is 1. The van der Waals surface area contributed by atoms with Crippen LogP contribution >= 0.6 is 11.6 Å². The molecular weight excluding hydrogens is 276 g/mol. The van der Waals surface area contributed by atoms with Crippen molar-refractivity contribution in [1.29, 1.82) is 0 Å². The molecule has 1 aliphatic rings. The molecule has 1 N–H and O–H groups in total. The summed E-state index contributed by atoms with van der Waals surface area (Å²) in [6, 6.07) is 7.75. The van der Waals surface area contributed by atoms with Crippen LogP contribution in [0.1, 0.15) is 25.5 Å². The lowest BCUT2D eigenvalue weighted by Crippen LogP contribution is -2.52. The Kier molecular flexibility index (Phi) is 5.02. The third kappa shape index (κ3) is 3.32. The van der Waals surface area contributed by atoms with Crippen LogP contribution in [-0.4, -0.2) is 53.1 Å². The fourth-order valence-electron chi connectivity index (χ4n) is 2.68. The fraction of sp³-hybridized carbons (Fsp3) is 0.533. The molecule has 110 valence electrons. The average molecular weight is 297 g/mol. The third-order valence-electron chi connectivity index (χ3n) is 4.16. The Hall–Kier alpha value is -1.10. The quantitative estimate of drug-likeness (QED) is 0.927. The van der Waals surface area contributed by atoms with Gasteiger partial charge in [0.05, 0.1) is 0 Å². The van der Waals surface area contributed by atoms with E-state index >= 15 is 0 Å². The van der Waals surface area contributed by atoms with Crippen molar-refractivity contribution in [3.8, 4) is 0 Å².